The van der Waals surface area contributed by atoms with E-state index in [0.29, 0.717) is 0 Å². The smallest absolute Gasteiger partial charge is 0.244 e. The van der Waals surface area contributed by atoms with Crippen molar-refractivity contribution in [1.82, 2.24) is 14.8 Å². The average molecular weight is 324 g/mol. The summed E-state index contributed by atoms with van der Waals surface area (Å²) in [6.07, 6.45) is 2.77. The molecule has 1 fully saturated rings. The van der Waals surface area contributed by atoms with E-state index in [2.05, 4.69) is 16.0 Å². The summed E-state index contributed by atoms with van der Waals surface area (Å²) in [6, 6.07) is 15.0. The van der Waals surface area contributed by atoms with Gasteiger partial charge in [0, 0.05) is 51.0 Å². The molecule has 0 spiro atoms. The highest BCUT2D eigenvalue weighted by Gasteiger charge is 2.25. The van der Waals surface area contributed by atoms with Crippen LogP contribution in [0.5, 0.6) is 0 Å². The molecule has 0 radical (unpaired) electrons. The van der Waals surface area contributed by atoms with Crippen LogP contribution in [-0.4, -0.2) is 53.4 Å². The van der Waals surface area contributed by atoms with Crippen LogP contribution in [0.15, 0.2) is 54.7 Å². The minimum absolute atomic E-state index is 0.0191. The number of pyridine rings is 1. The average Bonchev–Trinajstić information content (AvgIpc) is 2.67. The molecule has 1 aliphatic rings. The SMILES string of the molecule is N[C@@H](C(=O)N1CCN(CCc2ccccn2)CC1)c1ccccc1. The van der Waals surface area contributed by atoms with Crippen LogP contribution in [0, 0.1) is 0 Å². The molecule has 1 atom stereocenters. The van der Waals surface area contributed by atoms with Crippen molar-refractivity contribution in [3.8, 4) is 0 Å². The topological polar surface area (TPSA) is 62.5 Å². The summed E-state index contributed by atoms with van der Waals surface area (Å²) in [5.41, 5.74) is 8.11. The summed E-state index contributed by atoms with van der Waals surface area (Å²) in [5, 5.41) is 0. The lowest BCUT2D eigenvalue weighted by atomic mass is 10.1. The van der Waals surface area contributed by atoms with Gasteiger partial charge in [0.2, 0.25) is 5.91 Å². The van der Waals surface area contributed by atoms with Crippen molar-refractivity contribution in [1.29, 1.82) is 0 Å². The number of hydrogen-bond donors (Lipinski definition) is 1. The molecule has 1 aliphatic heterocycles. The summed E-state index contributed by atoms with van der Waals surface area (Å²) in [4.78, 5) is 21.2. The lowest BCUT2D eigenvalue weighted by molar-refractivity contribution is -0.134. The van der Waals surface area contributed by atoms with Gasteiger partial charge in [0.1, 0.15) is 6.04 Å². The monoisotopic (exact) mass is 324 g/mol. The van der Waals surface area contributed by atoms with Crippen molar-refractivity contribution in [3.05, 3.63) is 66.0 Å². The Balaban J connectivity index is 1.47. The number of benzene rings is 1. The zero-order chi connectivity index (χ0) is 16.8. The molecule has 0 saturated carbocycles. The minimum Gasteiger partial charge on any atom is -0.338 e. The molecule has 5 nitrogen and oxygen atoms in total. The Hall–Kier alpha value is -2.24. The molecule has 0 aliphatic carbocycles. The van der Waals surface area contributed by atoms with Crippen molar-refractivity contribution in [2.24, 2.45) is 5.73 Å². The zero-order valence-electron chi connectivity index (χ0n) is 13.8. The van der Waals surface area contributed by atoms with Gasteiger partial charge in [0.15, 0.2) is 0 Å². The maximum Gasteiger partial charge on any atom is 0.244 e. The van der Waals surface area contributed by atoms with Crippen LogP contribution in [0.4, 0.5) is 0 Å². The standard InChI is InChI=1S/C19H24N4O/c20-18(16-6-2-1-3-7-16)19(24)23-14-12-22(13-15-23)11-9-17-8-4-5-10-21-17/h1-8,10,18H,9,11-15,20H2/t18-/m1/s1. The molecule has 126 valence electrons. The van der Waals surface area contributed by atoms with Crippen molar-refractivity contribution < 1.29 is 4.79 Å². The van der Waals surface area contributed by atoms with E-state index in [4.69, 9.17) is 5.73 Å². The Kier molecular flexibility index (Phi) is 5.56. The third-order valence-electron chi connectivity index (χ3n) is 4.52. The van der Waals surface area contributed by atoms with Gasteiger partial charge >= 0.3 is 0 Å². The van der Waals surface area contributed by atoms with E-state index in [1.54, 1.807) is 0 Å². The van der Waals surface area contributed by atoms with E-state index < -0.39 is 6.04 Å². The van der Waals surface area contributed by atoms with Gasteiger partial charge in [-0.25, -0.2) is 0 Å². The molecule has 3 rings (SSSR count). The lowest BCUT2D eigenvalue weighted by Crippen LogP contribution is -2.51. The molecular formula is C19H24N4O. The number of rotatable bonds is 5. The van der Waals surface area contributed by atoms with Gasteiger partial charge < -0.3 is 10.6 Å². The third kappa shape index (κ3) is 4.19. The van der Waals surface area contributed by atoms with Crippen LogP contribution in [0.3, 0.4) is 0 Å². The highest BCUT2D eigenvalue weighted by atomic mass is 16.2. The van der Waals surface area contributed by atoms with Gasteiger partial charge in [-0.3, -0.25) is 14.7 Å². The van der Waals surface area contributed by atoms with Gasteiger partial charge in [0.05, 0.1) is 0 Å². The number of nitrogens with two attached hydrogens (primary N) is 1. The minimum atomic E-state index is -0.564. The van der Waals surface area contributed by atoms with Gasteiger partial charge in [-0.1, -0.05) is 36.4 Å². The van der Waals surface area contributed by atoms with E-state index in [0.717, 1.165) is 50.4 Å². The molecule has 24 heavy (non-hydrogen) atoms. The number of hydrogen-bond acceptors (Lipinski definition) is 4. The first-order valence-electron chi connectivity index (χ1n) is 8.45. The number of aromatic nitrogens is 1. The summed E-state index contributed by atoms with van der Waals surface area (Å²) < 4.78 is 0. The fourth-order valence-corrected chi connectivity index (χ4v) is 3.01. The fraction of sp³-hybridized carbons (Fsp3) is 0.368. The van der Waals surface area contributed by atoms with Gasteiger partial charge in [0.25, 0.3) is 0 Å². The van der Waals surface area contributed by atoms with Crippen molar-refractivity contribution in [2.75, 3.05) is 32.7 Å². The van der Waals surface area contributed by atoms with Gasteiger partial charge in [-0.2, -0.15) is 0 Å². The molecule has 0 unspecified atom stereocenters. The van der Waals surface area contributed by atoms with E-state index in [1.807, 2.05) is 53.6 Å². The predicted octanol–water partition coefficient (Wildman–Crippen LogP) is 1.47. The van der Waals surface area contributed by atoms with Crippen LogP contribution in [0.2, 0.25) is 0 Å². The highest BCUT2D eigenvalue weighted by molar-refractivity contribution is 5.83. The fourth-order valence-electron chi connectivity index (χ4n) is 3.01. The van der Waals surface area contributed by atoms with E-state index in [1.165, 1.54) is 0 Å². The van der Waals surface area contributed by atoms with E-state index in [-0.39, 0.29) is 5.91 Å². The van der Waals surface area contributed by atoms with Crippen molar-refractivity contribution >= 4 is 5.91 Å². The first-order valence-corrected chi connectivity index (χ1v) is 8.45. The number of nitrogens with zero attached hydrogens (tertiary/aromatic N) is 3. The Labute approximate surface area is 143 Å². The number of carbonyl (C=O) groups is 1. The van der Waals surface area contributed by atoms with Gasteiger partial charge in [-0.15, -0.1) is 0 Å². The highest BCUT2D eigenvalue weighted by Crippen LogP contribution is 2.14. The van der Waals surface area contributed by atoms with Crippen LogP contribution < -0.4 is 5.73 Å². The third-order valence-corrected chi connectivity index (χ3v) is 4.52. The normalized spacial score (nSPS) is 16.8. The molecule has 0 bridgehead atoms. The van der Waals surface area contributed by atoms with Crippen molar-refractivity contribution in [2.45, 2.75) is 12.5 Å². The van der Waals surface area contributed by atoms with Crippen molar-refractivity contribution in [3.63, 3.8) is 0 Å². The summed E-state index contributed by atoms with van der Waals surface area (Å²) >= 11 is 0. The first-order chi connectivity index (χ1) is 11.7. The summed E-state index contributed by atoms with van der Waals surface area (Å²) in [6.45, 7) is 4.23. The lowest BCUT2D eigenvalue weighted by Gasteiger charge is -2.35. The number of piperazine rings is 1. The van der Waals surface area contributed by atoms with E-state index in [9.17, 15) is 4.79 Å². The molecule has 1 saturated heterocycles. The largest absolute Gasteiger partial charge is 0.338 e. The molecule has 2 N–H and O–H groups in total. The molecule has 2 aromatic rings. The van der Waals surface area contributed by atoms with Crippen LogP contribution in [0.1, 0.15) is 17.3 Å². The second-order valence-corrected chi connectivity index (χ2v) is 6.13. The van der Waals surface area contributed by atoms with Crippen LogP contribution in [-0.2, 0) is 11.2 Å². The Morgan fingerprint density at radius 3 is 2.42 bits per heavy atom. The molecule has 1 amide bonds. The molecule has 1 aromatic heterocycles. The Morgan fingerprint density at radius 1 is 1.04 bits per heavy atom. The molecule has 1 aromatic carbocycles. The quantitative estimate of drug-likeness (QED) is 0.905. The van der Waals surface area contributed by atoms with Crippen LogP contribution >= 0.6 is 0 Å². The first kappa shape index (κ1) is 16.6. The number of carbonyl (C=O) groups excluding carboxylic acids is 1. The zero-order valence-corrected chi connectivity index (χ0v) is 13.8. The maximum atomic E-state index is 12.6. The second-order valence-electron chi connectivity index (χ2n) is 6.13. The predicted molar refractivity (Wildman–Crippen MR) is 94.3 cm³/mol. The Morgan fingerprint density at radius 2 is 1.75 bits per heavy atom. The summed E-state index contributed by atoms with van der Waals surface area (Å²) in [5.74, 6) is 0.0191. The maximum absolute atomic E-state index is 12.6. The summed E-state index contributed by atoms with van der Waals surface area (Å²) in [7, 11) is 0. The van der Waals surface area contributed by atoms with E-state index >= 15 is 0 Å². The van der Waals surface area contributed by atoms with Crippen LogP contribution in [0.25, 0.3) is 0 Å². The number of amides is 1. The second kappa shape index (κ2) is 8.04. The molecule has 2 heterocycles. The molecular weight excluding hydrogens is 300 g/mol. The van der Waals surface area contributed by atoms with Gasteiger partial charge in [-0.05, 0) is 17.7 Å². The Bertz CT molecular complexity index is 639. The molecule has 5 heteroatoms.